The lowest BCUT2D eigenvalue weighted by molar-refractivity contribution is -0.130. The summed E-state index contributed by atoms with van der Waals surface area (Å²) < 4.78 is 72.5. The molecule has 6 nitrogen and oxygen atoms in total. The van der Waals surface area contributed by atoms with Gasteiger partial charge in [0.1, 0.15) is 11.6 Å². The van der Waals surface area contributed by atoms with Gasteiger partial charge in [0.2, 0.25) is 5.96 Å². The van der Waals surface area contributed by atoms with Crippen LogP contribution >= 0.6 is 0 Å². The molecule has 242 valence electrons. The summed E-state index contributed by atoms with van der Waals surface area (Å²) in [4.78, 5) is 22.9. The van der Waals surface area contributed by atoms with Crippen LogP contribution in [0.4, 0.5) is 22.0 Å². The van der Waals surface area contributed by atoms with Crippen molar-refractivity contribution in [2.45, 2.75) is 44.3 Å². The molecule has 0 saturated carbocycles. The van der Waals surface area contributed by atoms with E-state index in [4.69, 9.17) is 4.74 Å². The number of hydrogen-bond donors (Lipinski definition) is 1. The van der Waals surface area contributed by atoms with Gasteiger partial charge < -0.3 is 15.0 Å². The molecule has 2 fully saturated rings. The first-order valence-corrected chi connectivity index (χ1v) is 15.4. The number of nitrogens with zero attached hydrogens (tertiary/aromatic N) is 3. The van der Waals surface area contributed by atoms with E-state index in [0.717, 1.165) is 38.0 Å². The van der Waals surface area contributed by atoms with Crippen molar-refractivity contribution in [3.63, 3.8) is 0 Å². The average molecular weight is 631 g/mol. The Hall–Kier alpha value is -3.57. The fourth-order valence-electron chi connectivity index (χ4n) is 6.69. The van der Waals surface area contributed by atoms with E-state index in [-0.39, 0.29) is 24.2 Å². The lowest BCUT2D eigenvalue weighted by Gasteiger charge is -2.36. The SMILES string of the molecule is COCCN=C1NC(c2ccc(F)cc2)(c2ccc(F)cc2)C(=O)N1CCCN1CCC(C2=CC=C(C(F)(F)F)CC2C)CC1. The molecule has 0 spiro atoms. The molecule has 3 aliphatic rings. The topological polar surface area (TPSA) is 57.2 Å². The number of halogens is 5. The highest BCUT2D eigenvalue weighted by molar-refractivity contribution is 6.11. The molecule has 0 radical (unpaired) electrons. The van der Waals surface area contributed by atoms with E-state index in [0.29, 0.717) is 43.2 Å². The summed E-state index contributed by atoms with van der Waals surface area (Å²) in [6.07, 6.45) is 1.07. The Labute approximate surface area is 260 Å². The van der Waals surface area contributed by atoms with Gasteiger partial charge >= 0.3 is 6.18 Å². The van der Waals surface area contributed by atoms with Crippen molar-refractivity contribution in [3.8, 4) is 0 Å². The average Bonchev–Trinajstić information content (AvgIpc) is 3.29. The van der Waals surface area contributed by atoms with Crippen molar-refractivity contribution in [1.29, 1.82) is 0 Å². The summed E-state index contributed by atoms with van der Waals surface area (Å²) in [7, 11) is 1.57. The minimum absolute atomic E-state index is 0.0268. The molecule has 0 aromatic heterocycles. The maximum absolute atomic E-state index is 14.3. The number of allylic oxidation sites excluding steroid dienone is 4. The van der Waals surface area contributed by atoms with Gasteiger partial charge in [-0.1, -0.05) is 48.9 Å². The number of aliphatic imine (C=N–C) groups is 1. The minimum Gasteiger partial charge on any atom is -0.383 e. The van der Waals surface area contributed by atoms with Crippen LogP contribution in [0.1, 0.15) is 43.7 Å². The van der Waals surface area contributed by atoms with E-state index >= 15 is 0 Å². The number of methoxy groups -OCH3 is 1. The molecular formula is C34H39F5N4O2. The number of guanidine groups is 1. The second kappa shape index (κ2) is 13.8. The second-order valence-corrected chi connectivity index (χ2v) is 12.0. The highest BCUT2D eigenvalue weighted by atomic mass is 19.4. The second-order valence-electron chi connectivity index (χ2n) is 12.0. The zero-order chi connectivity index (χ0) is 32.2. The third-order valence-electron chi connectivity index (χ3n) is 9.08. The zero-order valence-corrected chi connectivity index (χ0v) is 25.5. The van der Waals surface area contributed by atoms with E-state index in [1.807, 2.05) is 6.92 Å². The smallest absolute Gasteiger partial charge is 0.383 e. The van der Waals surface area contributed by atoms with E-state index < -0.39 is 28.9 Å². The van der Waals surface area contributed by atoms with Crippen LogP contribution in [0.3, 0.4) is 0 Å². The quantitative estimate of drug-likeness (QED) is 0.251. The number of nitrogens with one attached hydrogen (secondary N) is 1. The highest BCUT2D eigenvalue weighted by Gasteiger charge is 2.52. The Morgan fingerprint density at radius 3 is 2.09 bits per heavy atom. The molecule has 45 heavy (non-hydrogen) atoms. The Kier molecular flexibility index (Phi) is 10.1. The monoisotopic (exact) mass is 630 g/mol. The Bertz CT molecular complexity index is 1380. The first-order chi connectivity index (χ1) is 21.5. The summed E-state index contributed by atoms with van der Waals surface area (Å²) in [5, 5.41) is 3.31. The van der Waals surface area contributed by atoms with Crippen molar-refractivity contribution in [3.05, 3.63) is 94.6 Å². The largest absolute Gasteiger partial charge is 0.412 e. The van der Waals surface area contributed by atoms with Crippen LogP contribution in [0.5, 0.6) is 0 Å². The van der Waals surface area contributed by atoms with Gasteiger partial charge in [-0.2, -0.15) is 13.2 Å². The number of alkyl halides is 3. The van der Waals surface area contributed by atoms with Crippen molar-refractivity contribution >= 4 is 11.9 Å². The summed E-state index contributed by atoms with van der Waals surface area (Å²) in [6, 6.07) is 11.4. The Balaban J connectivity index is 1.28. The third kappa shape index (κ3) is 7.14. The van der Waals surface area contributed by atoms with Gasteiger partial charge in [-0.25, -0.2) is 8.78 Å². The molecule has 1 N–H and O–H groups in total. The summed E-state index contributed by atoms with van der Waals surface area (Å²) in [5.41, 5.74) is 0.235. The van der Waals surface area contributed by atoms with Crippen molar-refractivity contribution in [1.82, 2.24) is 15.1 Å². The lowest BCUT2D eigenvalue weighted by atomic mass is 9.77. The zero-order valence-electron chi connectivity index (χ0n) is 25.5. The van der Waals surface area contributed by atoms with Gasteiger partial charge in [0.25, 0.3) is 5.91 Å². The van der Waals surface area contributed by atoms with Gasteiger partial charge in [0.05, 0.1) is 13.2 Å². The number of carbonyl (C=O) groups is 1. The predicted octanol–water partition coefficient (Wildman–Crippen LogP) is 6.20. The number of carbonyl (C=O) groups excluding carboxylic acids is 1. The van der Waals surface area contributed by atoms with Crippen LogP contribution in [0.2, 0.25) is 0 Å². The molecule has 1 aliphatic carbocycles. The van der Waals surface area contributed by atoms with Crippen LogP contribution in [0.15, 0.2) is 76.8 Å². The van der Waals surface area contributed by atoms with Gasteiger partial charge in [0, 0.05) is 19.2 Å². The molecule has 11 heteroatoms. The molecule has 5 rings (SSSR count). The van der Waals surface area contributed by atoms with Gasteiger partial charge in [-0.15, -0.1) is 0 Å². The van der Waals surface area contributed by atoms with Gasteiger partial charge in [0.15, 0.2) is 5.54 Å². The Morgan fingerprint density at radius 2 is 1.56 bits per heavy atom. The molecular weight excluding hydrogens is 591 g/mol. The van der Waals surface area contributed by atoms with Crippen LogP contribution in [0, 0.1) is 23.5 Å². The summed E-state index contributed by atoms with van der Waals surface area (Å²) in [5.74, 6) is -0.669. The summed E-state index contributed by atoms with van der Waals surface area (Å²) >= 11 is 0. The first-order valence-electron chi connectivity index (χ1n) is 15.4. The highest BCUT2D eigenvalue weighted by Crippen LogP contribution is 2.40. The van der Waals surface area contributed by atoms with E-state index in [1.165, 1.54) is 30.3 Å². The van der Waals surface area contributed by atoms with Crippen LogP contribution in [-0.4, -0.2) is 74.3 Å². The van der Waals surface area contributed by atoms with Crippen molar-refractivity contribution < 1.29 is 31.5 Å². The molecule has 2 heterocycles. The number of ether oxygens (including phenoxy) is 1. The normalized spacial score (nSPS) is 22.0. The van der Waals surface area contributed by atoms with E-state index in [9.17, 15) is 26.7 Å². The third-order valence-corrected chi connectivity index (χ3v) is 9.08. The fraction of sp³-hybridized carbons (Fsp3) is 0.471. The van der Waals surface area contributed by atoms with Crippen molar-refractivity contribution in [2.75, 3.05) is 46.4 Å². The molecule has 2 aliphatic heterocycles. The van der Waals surface area contributed by atoms with E-state index in [2.05, 4.69) is 15.2 Å². The van der Waals surface area contributed by atoms with Gasteiger partial charge in [-0.3, -0.25) is 14.7 Å². The molecule has 2 aromatic rings. The van der Waals surface area contributed by atoms with Gasteiger partial charge in [-0.05, 0) is 92.5 Å². The molecule has 2 saturated heterocycles. The van der Waals surface area contributed by atoms with E-state index in [1.54, 1.807) is 42.4 Å². The molecule has 0 bridgehead atoms. The minimum atomic E-state index is -4.28. The number of amides is 1. The number of rotatable bonds is 10. The number of hydrogen-bond acceptors (Lipinski definition) is 4. The molecule has 1 atom stereocenters. The van der Waals surface area contributed by atoms with Crippen LogP contribution in [-0.2, 0) is 15.1 Å². The number of benzene rings is 2. The fourth-order valence-corrected chi connectivity index (χ4v) is 6.69. The maximum Gasteiger partial charge on any atom is 0.412 e. The standard InChI is InChI=1S/C34H39F5N4O2/c1-23-22-27(34(37,38)39)8-13-30(23)24-14-19-42(20-15-24)17-3-18-43-31(44)33(25-4-9-28(35)10-5-25,26-6-11-29(36)12-7-26)41-32(43)40-16-21-45-2/h4-13,23-24H,3,14-22H2,1-2H3,(H,40,41). The van der Waals surface area contributed by atoms with Crippen molar-refractivity contribution in [2.24, 2.45) is 16.8 Å². The summed E-state index contributed by atoms with van der Waals surface area (Å²) in [6.45, 7) is 5.28. The number of likely N-dealkylation sites (tertiary alicyclic amines) is 1. The molecule has 1 amide bonds. The van der Waals surface area contributed by atoms with Crippen LogP contribution in [0.25, 0.3) is 0 Å². The predicted molar refractivity (Wildman–Crippen MR) is 162 cm³/mol. The van der Waals surface area contributed by atoms with Crippen LogP contribution < -0.4 is 5.32 Å². The first kappa shape index (κ1) is 32.8. The number of piperidine rings is 1. The Morgan fingerprint density at radius 1 is 0.956 bits per heavy atom. The maximum atomic E-state index is 14.3. The molecule has 2 aromatic carbocycles. The lowest BCUT2D eigenvalue weighted by Crippen LogP contribution is -2.45. The molecule has 1 unspecified atom stereocenters.